The minimum absolute atomic E-state index is 0.0653. The van der Waals surface area contributed by atoms with E-state index in [4.69, 9.17) is 9.15 Å². The molecule has 5 nitrogen and oxygen atoms in total. The van der Waals surface area contributed by atoms with Crippen molar-refractivity contribution in [3.63, 3.8) is 0 Å². The first-order valence-corrected chi connectivity index (χ1v) is 8.55. The Morgan fingerprint density at radius 1 is 1.29 bits per heavy atom. The van der Waals surface area contributed by atoms with Crippen molar-refractivity contribution < 1.29 is 13.9 Å². The molecule has 122 valence electrons. The Balaban J connectivity index is 1.46. The van der Waals surface area contributed by atoms with Gasteiger partial charge in [-0.3, -0.25) is 4.79 Å². The van der Waals surface area contributed by atoms with Crippen LogP contribution in [0, 0.1) is 0 Å². The van der Waals surface area contributed by atoms with Crippen LogP contribution in [-0.4, -0.2) is 35.0 Å². The quantitative estimate of drug-likeness (QED) is 0.685. The molecule has 0 bridgehead atoms. The van der Waals surface area contributed by atoms with Gasteiger partial charge >= 0.3 is 0 Å². The summed E-state index contributed by atoms with van der Waals surface area (Å²) in [7, 11) is 0. The number of fused-ring (bicyclic) bond motifs is 1. The topological polar surface area (TPSA) is 55.6 Å². The molecule has 3 heterocycles. The third kappa shape index (κ3) is 2.89. The van der Waals surface area contributed by atoms with Gasteiger partial charge in [0.1, 0.15) is 11.7 Å². The van der Waals surface area contributed by atoms with E-state index in [0.29, 0.717) is 24.7 Å². The molecule has 1 unspecified atom stereocenters. The summed E-state index contributed by atoms with van der Waals surface area (Å²) in [5, 5.41) is 0.935. The van der Waals surface area contributed by atoms with Crippen LogP contribution in [0.15, 0.2) is 57.6 Å². The lowest BCUT2D eigenvalue weighted by atomic mass is 10.2. The van der Waals surface area contributed by atoms with Crippen molar-refractivity contribution in [3.05, 3.63) is 58.9 Å². The number of furan rings is 1. The van der Waals surface area contributed by atoms with E-state index in [1.165, 1.54) is 0 Å². The van der Waals surface area contributed by atoms with Gasteiger partial charge in [0, 0.05) is 24.5 Å². The summed E-state index contributed by atoms with van der Waals surface area (Å²) in [5.41, 5.74) is 0.727. The number of nitrogens with zero attached hydrogens (tertiary/aromatic N) is 2. The monoisotopic (exact) mass is 386 g/mol. The van der Waals surface area contributed by atoms with E-state index in [9.17, 15) is 4.79 Å². The highest BCUT2D eigenvalue weighted by atomic mass is 79.9. The molecule has 0 spiro atoms. The summed E-state index contributed by atoms with van der Waals surface area (Å²) in [4.78, 5) is 18.6. The van der Waals surface area contributed by atoms with Gasteiger partial charge in [0.2, 0.25) is 5.88 Å². The lowest BCUT2D eigenvalue weighted by Gasteiger charge is -2.16. The number of carbonyl (C=O) groups is 1. The molecule has 3 aromatic rings. The predicted octanol–water partition coefficient (Wildman–Crippen LogP) is 3.88. The molecule has 2 aromatic heterocycles. The Morgan fingerprint density at radius 2 is 2.17 bits per heavy atom. The zero-order valence-electron chi connectivity index (χ0n) is 12.8. The van der Waals surface area contributed by atoms with Crippen molar-refractivity contribution in [2.75, 3.05) is 13.1 Å². The number of ether oxygens (including phenoxy) is 1. The van der Waals surface area contributed by atoms with E-state index in [-0.39, 0.29) is 12.0 Å². The Morgan fingerprint density at radius 3 is 3.00 bits per heavy atom. The molecule has 1 atom stereocenters. The Bertz CT molecular complexity index is 860. The van der Waals surface area contributed by atoms with Crippen LogP contribution in [0.1, 0.15) is 17.0 Å². The van der Waals surface area contributed by atoms with Crippen LogP contribution in [0.3, 0.4) is 0 Å². The van der Waals surface area contributed by atoms with E-state index in [1.807, 2.05) is 36.4 Å². The fourth-order valence-electron chi connectivity index (χ4n) is 2.87. The number of pyridine rings is 1. The van der Waals surface area contributed by atoms with Crippen LogP contribution in [0.5, 0.6) is 5.88 Å². The number of amides is 1. The molecule has 1 fully saturated rings. The molecule has 1 aliphatic rings. The standard InChI is InChI=1S/C18H15BrN2O3/c19-14-5-3-8-20-17(14)23-13-7-9-21(11-13)18(22)16-10-12-4-1-2-6-15(12)24-16/h1-6,8,10,13H,7,9,11H2. The third-order valence-corrected chi connectivity index (χ3v) is 4.68. The van der Waals surface area contributed by atoms with Gasteiger partial charge in [0.25, 0.3) is 5.91 Å². The largest absolute Gasteiger partial charge is 0.472 e. The summed E-state index contributed by atoms with van der Waals surface area (Å²) in [6.07, 6.45) is 2.39. The van der Waals surface area contributed by atoms with Gasteiger partial charge < -0.3 is 14.1 Å². The molecular formula is C18H15BrN2O3. The lowest BCUT2D eigenvalue weighted by molar-refractivity contribution is 0.0742. The Kier molecular flexibility index (Phi) is 3.98. The number of hydrogen-bond acceptors (Lipinski definition) is 4. The van der Waals surface area contributed by atoms with Gasteiger partial charge in [0.05, 0.1) is 11.0 Å². The summed E-state index contributed by atoms with van der Waals surface area (Å²) in [6, 6.07) is 13.1. The lowest BCUT2D eigenvalue weighted by Crippen LogP contribution is -2.30. The molecule has 4 rings (SSSR count). The van der Waals surface area contributed by atoms with E-state index >= 15 is 0 Å². The average Bonchev–Trinajstić information content (AvgIpc) is 3.23. The molecular weight excluding hydrogens is 372 g/mol. The number of halogens is 1. The summed E-state index contributed by atoms with van der Waals surface area (Å²) >= 11 is 3.42. The first-order valence-electron chi connectivity index (χ1n) is 7.76. The molecule has 1 aromatic carbocycles. The summed E-state index contributed by atoms with van der Waals surface area (Å²) in [6.45, 7) is 1.17. The van der Waals surface area contributed by atoms with Gasteiger partial charge in [-0.25, -0.2) is 4.98 Å². The molecule has 6 heteroatoms. The second kappa shape index (κ2) is 6.28. The fourth-order valence-corrected chi connectivity index (χ4v) is 3.22. The first-order chi connectivity index (χ1) is 11.7. The minimum Gasteiger partial charge on any atom is -0.472 e. The third-order valence-electron chi connectivity index (χ3n) is 4.07. The highest BCUT2D eigenvalue weighted by molar-refractivity contribution is 9.10. The van der Waals surface area contributed by atoms with Gasteiger partial charge in [-0.05, 0) is 40.2 Å². The molecule has 24 heavy (non-hydrogen) atoms. The number of para-hydroxylation sites is 1. The maximum atomic E-state index is 12.6. The van der Waals surface area contributed by atoms with Crippen LogP contribution < -0.4 is 4.74 Å². The van der Waals surface area contributed by atoms with E-state index in [0.717, 1.165) is 21.9 Å². The number of likely N-dealkylation sites (tertiary alicyclic amines) is 1. The number of benzene rings is 1. The van der Waals surface area contributed by atoms with Crippen LogP contribution >= 0.6 is 15.9 Å². The normalized spacial score (nSPS) is 17.4. The zero-order chi connectivity index (χ0) is 16.5. The van der Waals surface area contributed by atoms with Crippen LogP contribution in [0.2, 0.25) is 0 Å². The molecule has 0 N–H and O–H groups in total. The smallest absolute Gasteiger partial charge is 0.289 e. The first kappa shape index (κ1) is 15.2. The van der Waals surface area contributed by atoms with E-state index in [2.05, 4.69) is 20.9 Å². The maximum Gasteiger partial charge on any atom is 0.289 e. The van der Waals surface area contributed by atoms with Gasteiger partial charge in [0.15, 0.2) is 5.76 Å². The SMILES string of the molecule is O=C(c1cc2ccccc2o1)N1CCC(Oc2ncccc2Br)C1. The second-order valence-corrected chi connectivity index (χ2v) is 6.57. The number of hydrogen-bond donors (Lipinski definition) is 0. The predicted molar refractivity (Wildman–Crippen MR) is 93.1 cm³/mol. The molecule has 1 saturated heterocycles. The zero-order valence-corrected chi connectivity index (χ0v) is 14.4. The van der Waals surface area contributed by atoms with Gasteiger partial charge in [-0.1, -0.05) is 18.2 Å². The van der Waals surface area contributed by atoms with Crippen molar-refractivity contribution in [1.29, 1.82) is 0 Å². The van der Waals surface area contributed by atoms with E-state index < -0.39 is 0 Å². The second-order valence-electron chi connectivity index (χ2n) is 5.72. The molecule has 0 radical (unpaired) electrons. The van der Waals surface area contributed by atoms with Crippen molar-refractivity contribution in [2.45, 2.75) is 12.5 Å². The number of carbonyl (C=O) groups excluding carboxylic acids is 1. The molecule has 0 aliphatic carbocycles. The van der Waals surface area contributed by atoms with Crippen molar-refractivity contribution in [1.82, 2.24) is 9.88 Å². The number of rotatable bonds is 3. The van der Waals surface area contributed by atoms with Gasteiger partial charge in [-0.2, -0.15) is 0 Å². The molecule has 1 amide bonds. The van der Waals surface area contributed by atoms with Crippen LogP contribution in [-0.2, 0) is 0 Å². The van der Waals surface area contributed by atoms with E-state index in [1.54, 1.807) is 17.2 Å². The minimum atomic E-state index is -0.0996. The van der Waals surface area contributed by atoms with Crippen molar-refractivity contribution in [3.8, 4) is 5.88 Å². The fraction of sp³-hybridized carbons (Fsp3) is 0.222. The van der Waals surface area contributed by atoms with Crippen LogP contribution in [0.4, 0.5) is 0 Å². The molecule has 1 aliphatic heterocycles. The Hall–Kier alpha value is -2.34. The van der Waals surface area contributed by atoms with Gasteiger partial charge in [-0.15, -0.1) is 0 Å². The summed E-state index contributed by atoms with van der Waals surface area (Å²) < 4.78 is 12.4. The average molecular weight is 387 g/mol. The summed E-state index contributed by atoms with van der Waals surface area (Å²) in [5.74, 6) is 0.828. The number of aromatic nitrogens is 1. The highest BCUT2D eigenvalue weighted by Crippen LogP contribution is 2.26. The van der Waals surface area contributed by atoms with Crippen molar-refractivity contribution >= 4 is 32.8 Å². The van der Waals surface area contributed by atoms with Crippen molar-refractivity contribution in [2.24, 2.45) is 0 Å². The highest BCUT2D eigenvalue weighted by Gasteiger charge is 2.30. The molecule has 0 saturated carbocycles. The van der Waals surface area contributed by atoms with Crippen LogP contribution in [0.25, 0.3) is 11.0 Å². The Labute approximate surface area is 147 Å². The maximum absolute atomic E-state index is 12.6.